The fourth-order valence-electron chi connectivity index (χ4n) is 3.56. The number of halogens is 1. The summed E-state index contributed by atoms with van der Waals surface area (Å²) < 4.78 is 1.20. The number of carbonyl (C=O) groups excluding carboxylic acids is 1. The first-order chi connectivity index (χ1) is 9.24. The summed E-state index contributed by atoms with van der Waals surface area (Å²) in [5.74, 6) is 0.841. The summed E-state index contributed by atoms with van der Waals surface area (Å²) in [6, 6.07) is 4.83. The van der Waals surface area contributed by atoms with Gasteiger partial charge >= 0.3 is 0 Å². The van der Waals surface area contributed by atoms with E-state index in [4.69, 9.17) is 0 Å². The van der Waals surface area contributed by atoms with Crippen LogP contribution >= 0.6 is 27.3 Å². The summed E-state index contributed by atoms with van der Waals surface area (Å²) in [6.07, 6.45) is 6.83. The lowest BCUT2D eigenvalue weighted by molar-refractivity contribution is -0.123. The number of carbonyl (C=O) groups is 1. The van der Waals surface area contributed by atoms with Crippen molar-refractivity contribution in [3.05, 3.63) is 20.8 Å². The summed E-state index contributed by atoms with van der Waals surface area (Å²) in [7, 11) is 0. The first-order valence-electron chi connectivity index (χ1n) is 7.25. The molecule has 0 N–H and O–H groups in total. The van der Waals surface area contributed by atoms with Crippen LogP contribution in [0, 0.1) is 5.92 Å². The first-order valence-corrected chi connectivity index (χ1v) is 8.86. The summed E-state index contributed by atoms with van der Waals surface area (Å²) in [4.78, 5) is 16.0. The third-order valence-corrected chi connectivity index (χ3v) is 6.08. The number of thiophene rings is 1. The zero-order valence-electron chi connectivity index (χ0n) is 11.1. The normalized spacial score (nSPS) is 29.0. The Morgan fingerprint density at radius 2 is 2.16 bits per heavy atom. The average Bonchev–Trinajstić information content (AvgIpc) is 2.99. The molecule has 2 aliphatic rings. The van der Waals surface area contributed by atoms with Gasteiger partial charge in [0.1, 0.15) is 5.78 Å². The molecule has 0 amide bonds. The Morgan fingerprint density at radius 3 is 2.84 bits per heavy atom. The Bertz CT molecular complexity index is 459. The predicted molar refractivity (Wildman–Crippen MR) is 82.4 cm³/mol. The van der Waals surface area contributed by atoms with Gasteiger partial charge in [-0.15, -0.1) is 11.3 Å². The third kappa shape index (κ3) is 3.11. The van der Waals surface area contributed by atoms with E-state index in [2.05, 4.69) is 33.0 Å². The Balaban J connectivity index is 1.71. The molecule has 1 saturated carbocycles. The molecule has 2 fully saturated rings. The smallest absolute Gasteiger partial charge is 0.137 e. The van der Waals surface area contributed by atoms with Gasteiger partial charge < -0.3 is 0 Å². The van der Waals surface area contributed by atoms with Gasteiger partial charge in [0.05, 0.1) is 3.79 Å². The predicted octanol–water partition coefficient (Wildman–Crippen LogP) is 4.23. The molecule has 0 bridgehead atoms. The highest BCUT2D eigenvalue weighted by Gasteiger charge is 2.36. The number of piperidine rings is 1. The topological polar surface area (TPSA) is 20.3 Å². The summed E-state index contributed by atoms with van der Waals surface area (Å²) in [5.41, 5.74) is 0. The fourth-order valence-corrected chi connectivity index (χ4v) is 5.06. The molecule has 2 heterocycles. The van der Waals surface area contributed by atoms with Gasteiger partial charge in [0, 0.05) is 29.8 Å². The largest absolute Gasteiger partial charge is 0.299 e. The number of hydrogen-bond donors (Lipinski definition) is 0. The van der Waals surface area contributed by atoms with Gasteiger partial charge in [-0.1, -0.05) is 6.42 Å². The van der Waals surface area contributed by atoms with Crippen LogP contribution in [-0.4, -0.2) is 23.3 Å². The van der Waals surface area contributed by atoms with E-state index < -0.39 is 0 Å². The lowest BCUT2D eigenvalue weighted by Gasteiger charge is -2.38. The van der Waals surface area contributed by atoms with Crippen molar-refractivity contribution in [3.8, 4) is 0 Å². The van der Waals surface area contributed by atoms with E-state index in [0.717, 1.165) is 32.4 Å². The molecule has 0 aromatic carbocycles. The maximum Gasteiger partial charge on any atom is 0.137 e. The molecule has 104 valence electrons. The minimum atomic E-state index is 0.323. The minimum Gasteiger partial charge on any atom is -0.299 e. The van der Waals surface area contributed by atoms with Crippen molar-refractivity contribution in [2.45, 2.75) is 51.1 Å². The van der Waals surface area contributed by atoms with Gasteiger partial charge in [-0.25, -0.2) is 0 Å². The van der Waals surface area contributed by atoms with Crippen molar-refractivity contribution in [2.24, 2.45) is 5.92 Å². The van der Waals surface area contributed by atoms with E-state index >= 15 is 0 Å². The number of rotatable bonds is 3. The number of hydrogen-bond acceptors (Lipinski definition) is 3. The van der Waals surface area contributed by atoms with Crippen LogP contribution in [0.15, 0.2) is 15.9 Å². The van der Waals surface area contributed by atoms with Gasteiger partial charge in [-0.05, 0) is 60.3 Å². The molecule has 19 heavy (non-hydrogen) atoms. The lowest BCUT2D eigenvalue weighted by Crippen LogP contribution is -2.44. The molecule has 1 aliphatic heterocycles. The quantitative estimate of drug-likeness (QED) is 0.819. The van der Waals surface area contributed by atoms with Crippen LogP contribution in [0.4, 0.5) is 0 Å². The number of Topliss-reactive ketones (excluding diaryl/α,β-unsaturated/α-hetero) is 1. The lowest BCUT2D eigenvalue weighted by atomic mass is 9.88. The molecule has 1 aromatic rings. The molecule has 1 aliphatic carbocycles. The summed E-state index contributed by atoms with van der Waals surface area (Å²) >= 11 is 5.35. The molecule has 2 atom stereocenters. The zero-order valence-corrected chi connectivity index (χ0v) is 13.5. The molecular weight excluding hydrogens is 322 g/mol. The van der Waals surface area contributed by atoms with E-state index in [1.54, 1.807) is 0 Å². The van der Waals surface area contributed by atoms with Crippen LogP contribution in [0.2, 0.25) is 0 Å². The molecular formula is C15H20BrNOS. The van der Waals surface area contributed by atoms with Gasteiger partial charge in [0.15, 0.2) is 0 Å². The van der Waals surface area contributed by atoms with Crippen molar-refractivity contribution in [1.82, 2.24) is 4.90 Å². The van der Waals surface area contributed by atoms with E-state index in [1.807, 2.05) is 11.3 Å². The van der Waals surface area contributed by atoms with Crippen molar-refractivity contribution in [3.63, 3.8) is 0 Å². The van der Waals surface area contributed by atoms with Gasteiger partial charge in [0.25, 0.3) is 0 Å². The van der Waals surface area contributed by atoms with E-state index in [1.165, 1.54) is 27.9 Å². The highest BCUT2D eigenvalue weighted by atomic mass is 79.9. The van der Waals surface area contributed by atoms with Crippen LogP contribution < -0.4 is 0 Å². The second-order valence-corrected chi connectivity index (χ2v) is 8.25. The summed E-state index contributed by atoms with van der Waals surface area (Å²) in [5, 5.41) is 0. The average molecular weight is 342 g/mol. The van der Waals surface area contributed by atoms with Crippen molar-refractivity contribution >= 4 is 33.0 Å². The SMILES string of the molecule is O=C1CCCC1C1CCCCN1Cc1ccc(Br)s1. The third-order valence-electron chi connectivity index (χ3n) is 4.47. The van der Waals surface area contributed by atoms with E-state index in [9.17, 15) is 4.79 Å². The Kier molecular flexibility index (Phi) is 4.40. The van der Waals surface area contributed by atoms with Crippen LogP contribution in [0.3, 0.4) is 0 Å². The van der Waals surface area contributed by atoms with Crippen molar-refractivity contribution in [2.75, 3.05) is 6.54 Å². The monoisotopic (exact) mass is 341 g/mol. The Morgan fingerprint density at radius 1 is 1.26 bits per heavy atom. The fraction of sp³-hybridized carbons (Fsp3) is 0.667. The van der Waals surface area contributed by atoms with Gasteiger partial charge in [-0.3, -0.25) is 9.69 Å². The number of likely N-dealkylation sites (tertiary alicyclic amines) is 1. The van der Waals surface area contributed by atoms with E-state index in [0.29, 0.717) is 17.7 Å². The van der Waals surface area contributed by atoms with Crippen LogP contribution in [-0.2, 0) is 11.3 Å². The maximum absolute atomic E-state index is 12.0. The van der Waals surface area contributed by atoms with Crippen LogP contribution in [0.25, 0.3) is 0 Å². The minimum absolute atomic E-state index is 0.323. The highest BCUT2D eigenvalue weighted by molar-refractivity contribution is 9.11. The molecule has 3 rings (SSSR count). The van der Waals surface area contributed by atoms with Crippen LogP contribution in [0.1, 0.15) is 43.4 Å². The molecule has 4 heteroatoms. The highest BCUT2D eigenvalue weighted by Crippen LogP contribution is 2.34. The molecule has 2 nitrogen and oxygen atoms in total. The van der Waals surface area contributed by atoms with Gasteiger partial charge in [0.2, 0.25) is 0 Å². The molecule has 1 aromatic heterocycles. The molecule has 0 radical (unpaired) electrons. The Hall–Kier alpha value is -0.190. The summed E-state index contributed by atoms with van der Waals surface area (Å²) in [6.45, 7) is 2.18. The van der Waals surface area contributed by atoms with Gasteiger partial charge in [-0.2, -0.15) is 0 Å². The zero-order chi connectivity index (χ0) is 13.2. The number of nitrogens with zero attached hydrogens (tertiary/aromatic N) is 1. The van der Waals surface area contributed by atoms with Crippen molar-refractivity contribution in [1.29, 1.82) is 0 Å². The maximum atomic E-state index is 12.0. The molecule has 0 spiro atoms. The molecule has 1 saturated heterocycles. The Labute approximate surface area is 127 Å². The van der Waals surface area contributed by atoms with E-state index in [-0.39, 0.29) is 0 Å². The van der Waals surface area contributed by atoms with Crippen molar-refractivity contribution < 1.29 is 4.79 Å². The molecule has 2 unspecified atom stereocenters. The number of ketones is 1. The van der Waals surface area contributed by atoms with Crippen LogP contribution in [0.5, 0.6) is 0 Å². The standard InChI is InChI=1S/C15H20BrNOS/c16-15-8-7-11(19-15)10-17-9-2-1-5-13(17)12-4-3-6-14(12)18/h7-8,12-13H,1-6,9-10H2. The first kappa shape index (κ1) is 13.8. The second-order valence-electron chi connectivity index (χ2n) is 5.70. The second kappa shape index (κ2) is 6.06.